The summed E-state index contributed by atoms with van der Waals surface area (Å²) in [4.78, 5) is 11.7. The minimum Gasteiger partial charge on any atom is -0.486 e. The molecule has 1 aromatic carbocycles. The molecule has 3 rings (SSSR count). The molecule has 19 heavy (non-hydrogen) atoms. The van der Waals surface area contributed by atoms with E-state index >= 15 is 0 Å². The van der Waals surface area contributed by atoms with Gasteiger partial charge in [-0.2, -0.15) is 0 Å². The Labute approximate surface area is 118 Å². The summed E-state index contributed by atoms with van der Waals surface area (Å²) < 4.78 is 13.6. The van der Waals surface area contributed by atoms with Gasteiger partial charge >= 0.3 is 0 Å². The van der Waals surface area contributed by atoms with Gasteiger partial charge in [0.25, 0.3) is 5.56 Å². The fourth-order valence-corrected chi connectivity index (χ4v) is 2.45. The molecule has 0 saturated heterocycles. The van der Waals surface area contributed by atoms with Crippen LogP contribution in [-0.2, 0) is 6.54 Å². The van der Waals surface area contributed by atoms with Gasteiger partial charge in [0.2, 0.25) is 0 Å². The third-order valence-electron chi connectivity index (χ3n) is 2.95. The van der Waals surface area contributed by atoms with Gasteiger partial charge in [0.1, 0.15) is 13.2 Å². The van der Waals surface area contributed by atoms with E-state index in [2.05, 4.69) is 15.9 Å². The summed E-state index contributed by atoms with van der Waals surface area (Å²) in [6.07, 6.45) is 1.77. The van der Waals surface area contributed by atoms with Crippen LogP contribution in [0.2, 0.25) is 0 Å². The highest BCUT2D eigenvalue weighted by Crippen LogP contribution is 2.35. The van der Waals surface area contributed by atoms with Crippen molar-refractivity contribution in [2.45, 2.75) is 6.54 Å². The SMILES string of the molecule is O=c1ccccn1Cc1cc2c(cc1Br)OCCO2. The minimum atomic E-state index is -0.0238. The van der Waals surface area contributed by atoms with Gasteiger partial charge in [0.05, 0.1) is 6.54 Å². The molecule has 1 aliphatic heterocycles. The van der Waals surface area contributed by atoms with Crippen molar-refractivity contribution in [3.05, 3.63) is 56.9 Å². The zero-order valence-electron chi connectivity index (χ0n) is 10.1. The summed E-state index contributed by atoms with van der Waals surface area (Å²) in [6.45, 7) is 1.62. The van der Waals surface area contributed by atoms with Crippen LogP contribution >= 0.6 is 15.9 Å². The van der Waals surface area contributed by atoms with Crippen LogP contribution in [0.3, 0.4) is 0 Å². The van der Waals surface area contributed by atoms with Crippen molar-refractivity contribution in [3.63, 3.8) is 0 Å². The Balaban J connectivity index is 1.97. The fourth-order valence-electron chi connectivity index (χ4n) is 2.00. The van der Waals surface area contributed by atoms with E-state index in [0.717, 1.165) is 21.5 Å². The highest BCUT2D eigenvalue weighted by atomic mass is 79.9. The summed E-state index contributed by atoms with van der Waals surface area (Å²) in [5, 5.41) is 0. The van der Waals surface area contributed by atoms with Crippen LogP contribution in [0, 0.1) is 0 Å². The summed E-state index contributed by atoms with van der Waals surface area (Å²) in [5.41, 5.74) is 0.960. The van der Waals surface area contributed by atoms with Gasteiger partial charge in [-0.05, 0) is 23.8 Å². The Morgan fingerprint density at radius 1 is 1.16 bits per heavy atom. The van der Waals surface area contributed by atoms with Crippen molar-refractivity contribution in [1.29, 1.82) is 0 Å². The van der Waals surface area contributed by atoms with E-state index in [-0.39, 0.29) is 5.56 Å². The predicted octanol–water partition coefficient (Wildman–Crippen LogP) is 2.43. The molecule has 0 spiro atoms. The van der Waals surface area contributed by atoms with E-state index in [4.69, 9.17) is 9.47 Å². The van der Waals surface area contributed by atoms with Crippen molar-refractivity contribution in [2.24, 2.45) is 0 Å². The second-order valence-electron chi connectivity index (χ2n) is 4.25. The lowest BCUT2D eigenvalue weighted by atomic mass is 10.2. The number of pyridine rings is 1. The topological polar surface area (TPSA) is 40.5 Å². The van der Waals surface area contributed by atoms with Gasteiger partial charge in [-0.15, -0.1) is 0 Å². The number of fused-ring (bicyclic) bond motifs is 1. The Bertz CT molecular complexity index is 666. The summed E-state index contributed by atoms with van der Waals surface area (Å²) in [7, 11) is 0. The molecular weight excluding hydrogens is 310 g/mol. The van der Waals surface area contributed by atoms with Crippen LogP contribution in [0.1, 0.15) is 5.56 Å². The largest absolute Gasteiger partial charge is 0.486 e. The molecular formula is C14H12BrNO3. The number of aromatic nitrogens is 1. The van der Waals surface area contributed by atoms with E-state index in [9.17, 15) is 4.79 Å². The molecule has 0 amide bonds. The molecule has 0 N–H and O–H groups in total. The third-order valence-corrected chi connectivity index (χ3v) is 3.69. The number of benzene rings is 1. The molecule has 0 unspecified atom stereocenters. The maximum absolute atomic E-state index is 11.7. The van der Waals surface area contributed by atoms with Crippen molar-refractivity contribution in [2.75, 3.05) is 13.2 Å². The molecule has 1 aliphatic rings. The van der Waals surface area contributed by atoms with Crippen LogP contribution in [0.4, 0.5) is 0 Å². The van der Waals surface area contributed by atoms with E-state index in [1.807, 2.05) is 18.2 Å². The van der Waals surface area contributed by atoms with E-state index in [0.29, 0.717) is 19.8 Å². The van der Waals surface area contributed by atoms with Gasteiger partial charge < -0.3 is 14.0 Å². The minimum absolute atomic E-state index is 0.0238. The Hall–Kier alpha value is -1.75. The number of rotatable bonds is 2. The first kappa shape index (κ1) is 12.3. The predicted molar refractivity (Wildman–Crippen MR) is 74.9 cm³/mol. The molecule has 0 bridgehead atoms. The van der Waals surface area contributed by atoms with Gasteiger partial charge in [-0.1, -0.05) is 22.0 Å². The molecule has 5 heteroatoms. The van der Waals surface area contributed by atoms with Crippen molar-refractivity contribution in [3.8, 4) is 11.5 Å². The van der Waals surface area contributed by atoms with Gasteiger partial charge in [0.15, 0.2) is 11.5 Å². The second-order valence-corrected chi connectivity index (χ2v) is 5.11. The van der Waals surface area contributed by atoms with Gasteiger partial charge in [-0.3, -0.25) is 4.79 Å². The van der Waals surface area contributed by atoms with Crippen molar-refractivity contribution < 1.29 is 9.47 Å². The number of nitrogens with zero attached hydrogens (tertiary/aromatic N) is 1. The molecule has 98 valence electrons. The highest BCUT2D eigenvalue weighted by Gasteiger charge is 2.15. The highest BCUT2D eigenvalue weighted by molar-refractivity contribution is 9.10. The van der Waals surface area contributed by atoms with E-state index in [1.54, 1.807) is 22.9 Å². The lowest BCUT2D eigenvalue weighted by Gasteiger charge is -2.20. The van der Waals surface area contributed by atoms with Crippen molar-refractivity contribution in [1.82, 2.24) is 4.57 Å². The van der Waals surface area contributed by atoms with Gasteiger partial charge in [0, 0.05) is 16.7 Å². The average Bonchev–Trinajstić information content (AvgIpc) is 2.42. The standard InChI is InChI=1S/C14H12BrNO3/c15-11-8-13-12(18-5-6-19-13)7-10(11)9-16-4-2-1-3-14(16)17/h1-4,7-8H,5-6,9H2. The molecule has 1 aromatic heterocycles. The third kappa shape index (κ3) is 2.51. The van der Waals surface area contributed by atoms with Crippen LogP contribution in [0.25, 0.3) is 0 Å². The summed E-state index contributed by atoms with van der Waals surface area (Å²) in [6, 6.07) is 8.92. The summed E-state index contributed by atoms with van der Waals surface area (Å²) >= 11 is 3.51. The summed E-state index contributed by atoms with van der Waals surface area (Å²) in [5.74, 6) is 1.47. The van der Waals surface area contributed by atoms with Crippen LogP contribution < -0.4 is 15.0 Å². The zero-order chi connectivity index (χ0) is 13.2. The molecule has 4 nitrogen and oxygen atoms in total. The zero-order valence-corrected chi connectivity index (χ0v) is 11.7. The smallest absolute Gasteiger partial charge is 0.250 e. The average molecular weight is 322 g/mol. The normalized spacial score (nSPS) is 13.3. The first-order valence-electron chi connectivity index (χ1n) is 5.97. The van der Waals surface area contributed by atoms with Crippen LogP contribution in [-0.4, -0.2) is 17.8 Å². The Morgan fingerprint density at radius 2 is 1.89 bits per heavy atom. The van der Waals surface area contributed by atoms with E-state index in [1.165, 1.54) is 0 Å². The number of hydrogen-bond acceptors (Lipinski definition) is 3. The molecule has 2 heterocycles. The molecule has 0 fully saturated rings. The maximum atomic E-state index is 11.7. The number of ether oxygens (including phenoxy) is 2. The molecule has 0 aliphatic carbocycles. The molecule has 0 saturated carbocycles. The second kappa shape index (κ2) is 5.09. The van der Waals surface area contributed by atoms with Crippen molar-refractivity contribution >= 4 is 15.9 Å². The quantitative estimate of drug-likeness (QED) is 0.853. The Morgan fingerprint density at radius 3 is 2.63 bits per heavy atom. The lowest BCUT2D eigenvalue weighted by molar-refractivity contribution is 0.171. The lowest BCUT2D eigenvalue weighted by Crippen LogP contribution is -2.19. The molecule has 0 atom stereocenters. The molecule has 0 radical (unpaired) electrons. The monoisotopic (exact) mass is 321 g/mol. The first-order chi connectivity index (χ1) is 9.24. The van der Waals surface area contributed by atoms with E-state index < -0.39 is 0 Å². The number of halogens is 1. The fraction of sp³-hybridized carbons (Fsp3) is 0.214. The van der Waals surface area contributed by atoms with Crippen LogP contribution in [0.5, 0.6) is 11.5 Å². The Kier molecular flexibility index (Phi) is 3.29. The van der Waals surface area contributed by atoms with Gasteiger partial charge in [-0.25, -0.2) is 0 Å². The maximum Gasteiger partial charge on any atom is 0.250 e. The number of hydrogen-bond donors (Lipinski definition) is 0. The van der Waals surface area contributed by atoms with Crippen LogP contribution in [0.15, 0.2) is 45.8 Å². The first-order valence-corrected chi connectivity index (χ1v) is 6.77. The molecule has 2 aromatic rings.